The summed E-state index contributed by atoms with van der Waals surface area (Å²) in [5.41, 5.74) is 23.0. The summed E-state index contributed by atoms with van der Waals surface area (Å²) in [4.78, 5) is 191. The van der Waals surface area contributed by atoms with Crippen LogP contribution in [0.25, 0.3) is 0 Å². The number of aliphatic hydroxyl groups is 2. The van der Waals surface area contributed by atoms with E-state index in [4.69, 9.17) is 22.9 Å². The van der Waals surface area contributed by atoms with Crippen LogP contribution >= 0.6 is 12.6 Å². The number of nitrogens with two attached hydrogens (primary N) is 4. The maximum Gasteiger partial charge on any atom is 0.338 e. The Kier molecular flexibility index (Phi) is 32.9. The van der Waals surface area contributed by atoms with Crippen LogP contribution in [0.5, 0.6) is 11.5 Å². The van der Waals surface area contributed by atoms with Crippen molar-refractivity contribution in [3.63, 3.8) is 0 Å². The smallest absolute Gasteiger partial charge is 0.338 e. The lowest BCUT2D eigenvalue weighted by molar-refractivity contribution is -0.459. The topological polar surface area (TPSA) is 522 Å². The molecule has 3 rings (SSSR count). The van der Waals surface area contributed by atoms with Crippen molar-refractivity contribution < 1.29 is 97.6 Å². The molecule has 2 aromatic rings. The number of nitrogens with zero attached hydrogens (tertiary/aromatic N) is 1. The molecule has 8 amide bonds. The number of hydrogen-bond donors (Lipinski definition) is 16. The first-order valence-corrected chi connectivity index (χ1v) is 31.5. The quantitative estimate of drug-likeness (QED) is 0.0132. The maximum atomic E-state index is 14.1. The van der Waals surface area contributed by atoms with Crippen LogP contribution in [0.2, 0.25) is 0 Å². The van der Waals surface area contributed by atoms with E-state index in [2.05, 4.69) is 44.2 Å². The number of carboxylic acids is 1. The van der Waals surface area contributed by atoms with E-state index in [9.17, 15) is 92.7 Å². The molecule has 0 unspecified atom stereocenters. The normalized spacial score (nSPS) is 16.4. The number of carbonyl (C=O) groups excluding carboxylic acids is 13. The van der Waals surface area contributed by atoms with Crippen LogP contribution in [0.3, 0.4) is 0 Å². The molecular formula is C63H92N11O19S+. The van der Waals surface area contributed by atoms with Crippen molar-refractivity contribution in [2.24, 2.45) is 64.4 Å². The van der Waals surface area contributed by atoms with E-state index in [0.29, 0.717) is 17.5 Å². The zero-order valence-corrected chi connectivity index (χ0v) is 54.4. The number of phenols is 2. The Balaban J connectivity index is 1.73. The first kappa shape index (κ1) is 79.4. The first-order valence-electron chi connectivity index (χ1n) is 31.0. The molecule has 30 nitrogen and oxygen atoms in total. The fourth-order valence-electron chi connectivity index (χ4n) is 10.7. The van der Waals surface area contributed by atoms with Gasteiger partial charge in [0.25, 0.3) is 0 Å². The Bertz CT molecular complexity index is 3050. The van der Waals surface area contributed by atoms with Crippen molar-refractivity contribution in [1.29, 1.82) is 0 Å². The number of carbonyl (C=O) groups is 14. The maximum absolute atomic E-state index is 14.1. The molecule has 0 radical (unpaired) electrons. The summed E-state index contributed by atoms with van der Waals surface area (Å²) in [5, 5.41) is 59.7. The van der Waals surface area contributed by atoms with Crippen LogP contribution in [-0.4, -0.2) is 187 Å². The van der Waals surface area contributed by atoms with Crippen molar-refractivity contribution in [3.05, 3.63) is 59.7 Å². The van der Waals surface area contributed by atoms with Crippen molar-refractivity contribution in [2.45, 2.75) is 154 Å². The highest BCUT2D eigenvalue weighted by Crippen LogP contribution is 2.26. The van der Waals surface area contributed by atoms with Gasteiger partial charge < -0.3 is 68.5 Å². The Hall–Kier alpha value is -8.84. The fourth-order valence-corrected chi connectivity index (χ4v) is 10.9. The highest BCUT2D eigenvalue weighted by Gasteiger charge is 2.41. The second-order valence-corrected chi connectivity index (χ2v) is 25.0. The number of Topliss-reactive ketones (excluding diaryl/α,β-unsaturated/α-hetero) is 5. The van der Waals surface area contributed by atoms with Gasteiger partial charge in [0.05, 0.1) is 50.7 Å². The number of aromatic hydroxyl groups is 2. The second kappa shape index (κ2) is 39.0. The summed E-state index contributed by atoms with van der Waals surface area (Å²) < 4.78 is 0. The minimum absolute atomic E-state index is 0.0150. The molecule has 1 aliphatic heterocycles. The lowest BCUT2D eigenvalue weighted by Gasteiger charge is -2.29. The summed E-state index contributed by atoms with van der Waals surface area (Å²) in [5.74, 6) is -19.3. The number of thiol groups is 1. The number of amides is 8. The third kappa shape index (κ3) is 26.6. The van der Waals surface area contributed by atoms with Gasteiger partial charge in [-0.1, -0.05) is 58.9 Å². The van der Waals surface area contributed by atoms with E-state index in [-0.39, 0.29) is 93.1 Å². The number of primary amides is 2. The van der Waals surface area contributed by atoms with Gasteiger partial charge >= 0.3 is 11.9 Å². The van der Waals surface area contributed by atoms with E-state index in [0.717, 1.165) is 4.90 Å². The lowest BCUT2D eigenvalue weighted by atomic mass is 9.86. The number of aliphatic carboxylic acids is 1. The summed E-state index contributed by atoms with van der Waals surface area (Å²) in [6, 6.07) is 4.14. The van der Waals surface area contributed by atoms with Gasteiger partial charge in [-0.2, -0.15) is 12.6 Å². The van der Waals surface area contributed by atoms with Gasteiger partial charge in [-0.05, 0) is 86.3 Å². The molecule has 1 fully saturated rings. The number of ketones is 5. The Labute approximate surface area is 549 Å². The van der Waals surface area contributed by atoms with Crippen LogP contribution in [0.1, 0.15) is 116 Å². The minimum Gasteiger partial charge on any atom is -0.508 e. The number of aliphatic hydroxyl groups excluding tert-OH is 2. The molecule has 1 heterocycles. The van der Waals surface area contributed by atoms with Gasteiger partial charge in [-0.3, -0.25) is 83.6 Å². The summed E-state index contributed by atoms with van der Waals surface area (Å²) >= 11 is 4.02. The Morgan fingerprint density at radius 3 is 1.59 bits per heavy atom. The first-order chi connectivity index (χ1) is 44.1. The molecule has 0 bridgehead atoms. The van der Waals surface area contributed by atoms with Gasteiger partial charge in [0.15, 0.2) is 23.1 Å². The average Bonchev–Trinajstić information content (AvgIpc) is 1.60. The number of carboxylic acid groups (broad SMARTS) is 1. The summed E-state index contributed by atoms with van der Waals surface area (Å²) in [7, 11) is 0. The zero-order chi connectivity index (χ0) is 70.7. The molecule has 1 aliphatic rings. The summed E-state index contributed by atoms with van der Waals surface area (Å²) in [6.45, 7) is 5.88. The molecule has 518 valence electrons. The molecule has 31 heteroatoms. The molecule has 0 aromatic heterocycles. The minimum atomic E-state index is -2.01. The molecule has 19 N–H and O–H groups in total. The number of phenolic OH excluding ortho intramolecular Hbond substituents is 2. The molecule has 0 aliphatic carbocycles. The predicted octanol–water partition coefficient (Wildman–Crippen LogP) is -3.61. The van der Waals surface area contributed by atoms with Gasteiger partial charge in [0.1, 0.15) is 40.7 Å². The van der Waals surface area contributed by atoms with Crippen LogP contribution in [0, 0.1) is 41.4 Å². The predicted molar refractivity (Wildman–Crippen MR) is 341 cm³/mol. The highest BCUT2D eigenvalue weighted by atomic mass is 32.1. The van der Waals surface area contributed by atoms with Crippen LogP contribution in [-0.2, 0) is 80.0 Å². The van der Waals surface area contributed by atoms with E-state index >= 15 is 0 Å². The number of nitrogens with one attached hydrogen (secondary N) is 6. The number of benzene rings is 2. The average molecular weight is 1340 g/mol. The number of rotatable bonds is 43. The van der Waals surface area contributed by atoms with Crippen LogP contribution in [0.15, 0.2) is 48.5 Å². The lowest BCUT2D eigenvalue weighted by Crippen LogP contribution is -2.78. The van der Waals surface area contributed by atoms with Crippen molar-refractivity contribution in [3.8, 4) is 11.5 Å². The van der Waals surface area contributed by atoms with E-state index < -0.39 is 193 Å². The van der Waals surface area contributed by atoms with Crippen molar-refractivity contribution in [2.75, 3.05) is 32.8 Å². The van der Waals surface area contributed by atoms with Gasteiger partial charge in [-0.25, -0.2) is 0 Å². The third-order valence-corrected chi connectivity index (χ3v) is 16.5. The van der Waals surface area contributed by atoms with Crippen LogP contribution in [0.4, 0.5) is 0 Å². The standard InChI is InChI=1S/C63H91N11O19S/c1-32(2)20-33(3)48(80)26-39(24-37-12-16-42(78)17-13-37)59(89)70-44(8-6-18-68-63(66)67)49(81)21-34(4)56(86)71-45(28-52(64)84)50(82)22-35(5)57(87)73-53(54(94)62(92)93)51(83)27-40(30-75)61(91)74-19-7-9-47(74)60(90)69-29-43(79)25-38(23-36-10-14-41(77)15-11-36)58(88)72-46(31-76)55(65)85/h10-17,32-35,38-40,44-47,53-54,75-78,94H,6-9,18-31H2,1-5H3,(H2,64,84)(H2,65,85)(H,69,90)(H,70,89)(H,71,86)(H,72,88)(H,73,87)(H,92,93)(H4,66,67,68)/p+1/t33-,34+,35+,38+,39+,40-,44-,45-,46-,47-,53+,54+/m0/s1. The molecule has 0 saturated carbocycles. The highest BCUT2D eigenvalue weighted by molar-refractivity contribution is 7.81. The Morgan fingerprint density at radius 1 is 0.596 bits per heavy atom. The molecule has 0 spiro atoms. The van der Waals surface area contributed by atoms with Crippen molar-refractivity contribution >= 4 is 101 Å². The molecule has 94 heavy (non-hydrogen) atoms. The van der Waals surface area contributed by atoms with Gasteiger partial charge in [0.2, 0.25) is 47.3 Å². The SMILES string of the molecule is CC(C)C[C@H](C)C(=O)C[C@@H](Cc1ccc(O)cc1)C(=O)N[C@@H](CCC[NH+]=C(N)N)C(=O)C[C@@H](C)C(=O)N[C@@H](CC(N)=O)C(=O)C[C@@H](C)C(=O)N[C@H](C(=O)C[C@@H](CO)C(=O)N1CCC[C@H]1C(=O)NCC(=O)C[C@@H](Cc1ccc(O)cc1)C(=O)N[C@@H](CO)C(N)=O)[C@@H](S)C(=O)O. The largest absolute Gasteiger partial charge is 0.508 e. The summed E-state index contributed by atoms with van der Waals surface area (Å²) in [6.07, 6.45) is -2.48. The fraction of sp³-hybridized carbons (Fsp3) is 0.571. The zero-order valence-electron chi connectivity index (χ0n) is 53.5. The van der Waals surface area contributed by atoms with Gasteiger partial charge in [-0.15, -0.1) is 0 Å². The molecule has 1 saturated heterocycles. The van der Waals surface area contributed by atoms with Gasteiger partial charge in [0, 0.05) is 68.2 Å². The molecule has 2 aromatic carbocycles. The second-order valence-electron chi connectivity index (χ2n) is 24.4. The number of guanidine groups is 1. The molecule has 12 atom stereocenters. The molecular weight excluding hydrogens is 1250 g/mol. The number of hydrogen-bond acceptors (Lipinski definition) is 19. The monoisotopic (exact) mass is 1340 g/mol. The number of likely N-dealkylation sites (tertiary alicyclic amines) is 1. The van der Waals surface area contributed by atoms with E-state index in [1.807, 2.05) is 13.8 Å². The van der Waals surface area contributed by atoms with E-state index in [1.165, 1.54) is 50.2 Å². The van der Waals surface area contributed by atoms with E-state index in [1.54, 1.807) is 19.1 Å². The van der Waals surface area contributed by atoms with Crippen molar-refractivity contribution in [1.82, 2.24) is 31.5 Å². The third-order valence-electron chi connectivity index (χ3n) is 16.0. The Morgan fingerprint density at radius 2 is 1.10 bits per heavy atom. The van der Waals surface area contributed by atoms with Crippen LogP contribution < -0.4 is 54.5 Å².